The summed E-state index contributed by atoms with van der Waals surface area (Å²) in [5.41, 5.74) is 1.40. The zero-order valence-corrected chi connectivity index (χ0v) is 11.0. The largest absolute Gasteiger partial charge is 0.545 e. The first kappa shape index (κ1) is 14.7. The fourth-order valence-electron chi connectivity index (χ4n) is 1.69. The average molecular weight is 249 g/mol. The molecule has 0 unspecified atom stereocenters. The number of carboxylic acid groups (broad SMARTS) is 1. The number of hydrogen-bond donors (Lipinski definition) is 0. The standard InChI is InChI=1S/C15H22O3/c1-2-3-11-18-12-5-4-6-13-7-9-14(10-8-13)15(16)17/h7-10H,2-6,11-12H2,1H3,(H,16,17)/p-1. The summed E-state index contributed by atoms with van der Waals surface area (Å²) in [7, 11) is 0. The van der Waals surface area contributed by atoms with E-state index in [1.165, 1.54) is 6.42 Å². The molecular weight excluding hydrogens is 228 g/mol. The van der Waals surface area contributed by atoms with E-state index >= 15 is 0 Å². The fourth-order valence-corrected chi connectivity index (χ4v) is 1.69. The van der Waals surface area contributed by atoms with E-state index in [1.54, 1.807) is 12.1 Å². The summed E-state index contributed by atoms with van der Waals surface area (Å²) in [6.45, 7) is 3.83. The van der Waals surface area contributed by atoms with E-state index in [-0.39, 0.29) is 5.56 Å². The Balaban J connectivity index is 2.14. The van der Waals surface area contributed by atoms with E-state index in [0.29, 0.717) is 0 Å². The Morgan fingerprint density at radius 3 is 2.39 bits per heavy atom. The topological polar surface area (TPSA) is 49.4 Å². The summed E-state index contributed by atoms with van der Waals surface area (Å²) in [4.78, 5) is 10.6. The van der Waals surface area contributed by atoms with Crippen LogP contribution < -0.4 is 5.11 Å². The van der Waals surface area contributed by atoms with Gasteiger partial charge in [0.25, 0.3) is 0 Å². The van der Waals surface area contributed by atoms with Crippen molar-refractivity contribution in [3.8, 4) is 0 Å². The molecule has 0 atom stereocenters. The molecule has 18 heavy (non-hydrogen) atoms. The van der Waals surface area contributed by atoms with Gasteiger partial charge < -0.3 is 14.6 Å². The van der Waals surface area contributed by atoms with Crippen molar-refractivity contribution in [1.29, 1.82) is 0 Å². The van der Waals surface area contributed by atoms with Crippen LogP contribution in [0.3, 0.4) is 0 Å². The van der Waals surface area contributed by atoms with Crippen molar-refractivity contribution in [2.45, 2.75) is 39.0 Å². The zero-order valence-electron chi connectivity index (χ0n) is 11.0. The Hall–Kier alpha value is -1.35. The average Bonchev–Trinajstić information content (AvgIpc) is 2.38. The van der Waals surface area contributed by atoms with Gasteiger partial charge in [-0.3, -0.25) is 0 Å². The number of hydrogen-bond acceptors (Lipinski definition) is 3. The summed E-state index contributed by atoms with van der Waals surface area (Å²) in [6, 6.07) is 6.90. The van der Waals surface area contributed by atoms with Gasteiger partial charge in [-0.05, 0) is 36.8 Å². The van der Waals surface area contributed by atoms with Gasteiger partial charge >= 0.3 is 0 Å². The normalized spacial score (nSPS) is 10.5. The van der Waals surface area contributed by atoms with Crippen LogP contribution in [0, 0.1) is 0 Å². The molecule has 0 N–H and O–H groups in total. The van der Waals surface area contributed by atoms with Gasteiger partial charge in [-0.15, -0.1) is 0 Å². The van der Waals surface area contributed by atoms with Gasteiger partial charge in [0, 0.05) is 13.2 Å². The number of unbranched alkanes of at least 4 members (excludes halogenated alkanes) is 2. The first-order valence-corrected chi connectivity index (χ1v) is 6.62. The lowest BCUT2D eigenvalue weighted by molar-refractivity contribution is -0.255. The first-order valence-electron chi connectivity index (χ1n) is 6.62. The highest BCUT2D eigenvalue weighted by molar-refractivity contribution is 5.85. The molecule has 100 valence electrons. The first-order chi connectivity index (χ1) is 8.74. The van der Waals surface area contributed by atoms with Crippen LogP contribution in [-0.2, 0) is 11.2 Å². The van der Waals surface area contributed by atoms with E-state index in [0.717, 1.165) is 44.5 Å². The molecule has 0 bridgehead atoms. The molecule has 0 aliphatic rings. The third-order valence-corrected chi connectivity index (χ3v) is 2.84. The van der Waals surface area contributed by atoms with Crippen molar-refractivity contribution >= 4 is 5.97 Å². The van der Waals surface area contributed by atoms with Crippen LogP contribution in [0.25, 0.3) is 0 Å². The lowest BCUT2D eigenvalue weighted by atomic mass is 10.1. The second-order valence-electron chi connectivity index (χ2n) is 4.41. The van der Waals surface area contributed by atoms with Crippen LogP contribution in [0.15, 0.2) is 24.3 Å². The van der Waals surface area contributed by atoms with E-state index in [1.807, 2.05) is 12.1 Å². The molecule has 3 nitrogen and oxygen atoms in total. The number of benzene rings is 1. The smallest absolute Gasteiger partial charge is 0.0715 e. The fraction of sp³-hybridized carbons (Fsp3) is 0.533. The minimum absolute atomic E-state index is 0.238. The molecule has 0 fully saturated rings. The molecule has 0 radical (unpaired) electrons. The van der Waals surface area contributed by atoms with E-state index in [9.17, 15) is 9.90 Å². The van der Waals surface area contributed by atoms with E-state index in [2.05, 4.69) is 6.92 Å². The maximum Gasteiger partial charge on any atom is 0.0715 e. The Morgan fingerprint density at radius 2 is 1.78 bits per heavy atom. The SMILES string of the molecule is CCCCOCCCCc1ccc(C(=O)[O-])cc1. The van der Waals surface area contributed by atoms with Gasteiger partial charge in [0.1, 0.15) is 0 Å². The number of aromatic carboxylic acids is 1. The van der Waals surface area contributed by atoms with Crippen LogP contribution in [0.2, 0.25) is 0 Å². The molecule has 0 saturated heterocycles. The molecule has 0 amide bonds. The Kier molecular flexibility index (Phi) is 7.11. The van der Waals surface area contributed by atoms with Crippen molar-refractivity contribution in [2.75, 3.05) is 13.2 Å². The number of carboxylic acids is 1. The van der Waals surface area contributed by atoms with Crippen molar-refractivity contribution in [1.82, 2.24) is 0 Å². The molecule has 1 aromatic rings. The summed E-state index contributed by atoms with van der Waals surface area (Å²) >= 11 is 0. The van der Waals surface area contributed by atoms with Crippen LogP contribution in [0.1, 0.15) is 48.5 Å². The quantitative estimate of drug-likeness (QED) is 0.630. The number of aryl methyl sites for hydroxylation is 1. The molecule has 0 saturated carbocycles. The third kappa shape index (κ3) is 5.82. The molecule has 1 aromatic carbocycles. The van der Waals surface area contributed by atoms with Gasteiger partial charge in [0.15, 0.2) is 0 Å². The third-order valence-electron chi connectivity index (χ3n) is 2.84. The van der Waals surface area contributed by atoms with Crippen molar-refractivity contribution < 1.29 is 14.6 Å². The minimum atomic E-state index is -1.12. The highest BCUT2D eigenvalue weighted by atomic mass is 16.5. The number of carbonyl (C=O) groups excluding carboxylic acids is 1. The van der Waals surface area contributed by atoms with Gasteiger partial charge in [0.05, 0.1) is 5.97 Å². The van der Waals surface area contributed by atoms with Gasteiger partial charge in [-0.1, -0.05) is 37.6 Å². The van der Waals surface area contributed by atoms with Crippen molar-refractivity contribution in [2.24, 2.45) is 0 Å². The van der Waals surface area contributed by atoms with Crippen LogP contribution in [0.4, 0.5) is 0 Å². The van der Waals surface area contributed by atoms with Gasteiger partial charge in [-0.25, -0.2) is 0 Å². The minimum Gasteiger partial charge on any atom is -0.545 e. The van der Waals surface area contributed by atoms with Gasteiger partial charge in [-0.2, -0.15) is 0 Å². The molecule has 0 heterocycles. The number of ether oxygens (including phenoxy) is 1. The lowest BCUT2D eigenvalue weighted by Gasteiger charge is -2.05. The Labute approximate surface area is 109 Å². The number of rotatable bonds is 9. The summed E-state index contributed by atoms with van der Waals surface area (Å²) in [5, 5.41) is 10.6. The zero-order chi connectivity index (χ0) is 13.2. The summed E-state index contributed by atoms with van der Waals surface area (Å²) < 4.78 is 5.48. The van der Waals surface area contributed by atoms with E-state index in [4.69, 9.17) is 4.74 Å². The van der Waals surface area contributed by atoms with Crippen molar-refractivity contribution in [3.63, 3.8) is 0 Å². The maximum absolute atomic E-state index is 10.6. The predicted molar refractivity (Wildman–Crippen MR) is 69.4 cm³/mol. The summed E-state index contributed by atoms with van der Waals surface area (Å²) in [6.07, 6.45) is 5.38. The molecule has 0 aliphatic heterocycles. The lowest BCUT2D eigenvalue weighted by Crippen LogP contribution is -2.21. The monoisotopic (exact) mass is 249 g/mol. The maximum atomic E-state index is 10.6. The second kappa shape index (κ2) is 8.70. The highest BCUT2D eigenvalue weighted by Gasteiger charge is 1.96. The molecule has 3 heteroatoms. The van der Waals surface area contributed by atoms with E-state index < -0.39 is 5.97 Å². The molecule has 0 spiro atoms. The number of carbonyl (C=O) groups is 1. The second-order valence-corrected chi connectivity index (χ2v) is 4.41. The highest BCUT2D eigenvalue weighted by Crippen LogP contribution is 2.07. The Bertz CT molecular complexity index is 343. The molecule has 1 rings (SSSR count). The van der Waals surface area contributed by atoms with Crippen LogP contribution in [-0.4, -0.2) is 19.2 Å². The molecular formula is C15H21O3-. The Morgan fingerprint density at radius 1 is 1.11 bits per heavy atom. The molecule has 0 aromatic heterocycles. The van der Waals surface area contributed by atoms with Gasteiger partial charge in [0.2, 0.25) is 0 Å². The summed E-state index contributed by atoms with van der Waals surface area (Å²) in [5.74, 6) is -1.12. The predicted octanol–water partition coefficient (Wildman–Crippen LogP) is 2.19. The van der Waals surface area contributed by atoms with Crippen LogP contribution in [0.5, 0.6) is 0 Å². The van der Waals surface area contributed by atoms with Crippen LogP contribution >= 0.6 is 0 Å². The molecule has 0 aliphatic carbocycles. The van der Waals surface area contributed by atoms with Crippen molar-refractivity contribution in [3.05, 3.63) is 35.4 Å².